The monoisotopic (exact) mass is 391 g/mol. The summed E-state index contributed by atoms with van der Waals surface area (Å²) in [6.07, 6.45) is 1.38. The number of pyridine rings is 1. The summed E-state index contributed by atoms with van der Waals surface area (Å²) in [6.45, 7) is 0.925. The second-order valence-electron chi connectivity index (χ2n) is 5.46. The van der Waals surface area contributed by atoms with Gasteiger partial charge < -0.3 is 9.47 Å². The number of rotatable bonds is 5. The predicted molar refractivity (Wildman–Crippen MR) is 95.3 cm³/mol. The van der Waals surface area contributed by atoms with Crippen LogP contribution < -0.4 is 9.64 Å². The Labute approximate surface area is 156 Å². The second-order valence-corrected chi connectivity index (χ2v) is 7.29. The zero-order valence-electron chi connectivity index (χ0n) is 14.7. The van der Waals surface area contributed by atoms with Crippen LogP contribution in [-0.2, 0) is 19.6 Å². The number of urea groups is 1. The number of ether oxygens (including phenoxy) is 2. The first-order valence-corrected chi connectivity index (χ1v) is 9.45. The minimum Gasteiger partial charge on any atom is -0.497 e. The Hall–Kier alpha value is -3.14. The number of anilines is 2. The lowest BCUT2D eigenvalue weighted by molar-refractivity contribution is -0.142. The van der Waals surface area contributed by atoms with Crippen LogP contribution in [0.3, 0.4) is 0 Å². The molecule has 0 fully saturated rings. The number of amides is 2. The Kier molecular flexibility index (Phi) is 5.00. The summed E-state index contributed by atoms with van der Waals surface area (Å²) in [5.41, 5.74) is 0.350. The molecule has 142 valence electrons. The molecule has 0 aliphatic carbocycles. The molecule has 0 saturated carbocycles. The van der Waals surface area contributed by atoms with Crippen molar-refractivity contribution in [2.75, 3.05) is 25.2 Å². The second kappa shape index (κ2) is 7.23. The van der Waals surface area contributed by atoms with Crippen molar-refractivity contribution in [3.8, 4) is 5.75 Å². The first-order chi connectivity index (χ1) is 12.9. The zero-order valence-corrected chi connectivity index (χ0v) is 15.5. The number of fused-ring (bicyclic) bond motifs is 1. The standard InChI is InChI=1S/C17H17N3O6S/c1-3-26-15(21)11-19-17(22)20(12-6-4-7-13(10-12)25-2)16-14(27(19,23)24)8-5-9-18-16/h4-10H,3,11H2,1-2H3. The van der Waals surface area contributed by atoms with Crippen LogP contribution in [0.4, 0.5) is 16.3 Å². The highest BCUT2D eigenvalue weighted by atomic mass is 32.2. The summed E-state index contributed by atoms with van der Waals surface area (Å²) >= 11 is 0. The average Bonchev–Trinajstić information content (AvgIpc) is 2.66. The number of carbonyl (C=O) groups is 2. The molecular weight excluding hydrogens is 374 g/mol. The van der Waals surface area contributed by atoms with Gasteiger partial charge in [0, 0.05) is 12.3 Å². The number of benzene rings is 1. The molecule has 27 heavy (non-hydrogen) atoms. The van der Waals surface area contributed by atoms with E-state index >= 15 is 0 Å². The number of aromatic nitrogens is 1. The van der Waals surface area contributed by atoms with E-state index < -0.39 is 28.6 Å². The zero-order chi connectivity index (χ0) is 19.6. The third-order valence-corrected chi connectivity index (χ3v) is 5.56. The molecule has 0 spiro atoms. The summed E-state index contributed by atoms with van der Waals surface area (Å²) in [7, 11) is -2.78. The fourth-order valence-electron chi connectivity index (χ4n) is 2.63. The molecule has 3 rings (SSSR count). The van der Waals surface area contributed by atoms with Gasteiger partial charge in [-0.1, -0.05) is 6.07 Å². The molecule has 2 heterocycles. The number of carbonyl (C=O) groups excluding carboxylic acids is 2. The molecule has 1 aliphatic heterocycles. The first kappa shape index (κ1) is 18.6. The highest BCUT2D eigenvalue weighted by Gasteiger charge is 2.44. The third-order valence-electron chi connectivity index (χ3n) is 3.82. The Morgan fingerprint density at radius 1 is 1.22 bits per heavy atom. The molecule has 1 aromatic carbocycles. The van der Waals surface area contributed by atoms with Crippen molar-refractivity contribution in [2.45, 2.75) is 11.8 Å². The van der Waals surface area contributed by atoms with E-state index in [1.54, 1.807) is 31.2 Å². The molecule has 0 radical (unpaired) electrons. The maximum Gasteiger partial charge on any atom is 0.344 e. The molecule has 1 aromatic heterocycles. The van der Waals surface area contributed by atoms with E-state index in [1.807, 2.05) is 0 Å². The van der Waals surface area contributed by atoms with Gasteiger partial charge in [0.05, 0.1) is 19.4 Å². The van der Waals surface area contributed by atoms with E-state index in [-0.39, 0.29) is 17.3 Å². The van der Waals surface area contributed by atoms with E-state index in [9.17, 15) is 18.0 Å². The van der Waals surface area contributed by atoms with E-state index in [0.29, 0.717) is 15.7 Å². The Morgan fingerprint density at radius 2 is 2.00 bits per heavy atom. The molecule has 9 nitrogen and oxygen atoms in total. The van der Waals surface area contributed by atoms with Crippen molar-refractivity contribution in [2.24, 2.45) is 0 Å². The number of nitrogens with zero attached hydrogens (tertiary/aromatic N) is 3. The molecule has 2 aromatic rings. The van der Waals surface area contributed by atoms with E-state index in [0.717, 1.165) is 4.90 Å². The van der Waals surface area contributed by atoms with Crippen LogP contribution in [0.25, 0.3) is 0 Å². The number of hydrogen-bond acceptors (Lipinski definition) is 7. The van der Waals surface area contributed by atoms with Crippen LogP contribution in [0.5, 0.6) is 5.75 Å². The molecule has 2 amide bonds. The topological polar surface area (TPSA) is 106 Å². The van der Waals surface area contributed by atoms with Crippen LogP contribution in [0.15, 0.2) is 47.5 Å². The van der Waals surface area contributed by atoms with Gasteiger partial charge in [0.2, 0.25) is 0 Å². The predicted octanol–water partition coefficient (Wildman–Crippen LogP) is 1.92. The Balaban J connectivity index is 2.15. The largest absolute Gasteiger partial charge is 0.497 e. The quantitative estimate of drug-likeness (QED) is 0.717. The summed E-state index contributed by atoms with van der Waals surface area (Å²) in [6, 6.07) is 8.36. The Bertz CT molecular complexity index is 992. The Morgan fingerprint density at radius 3 is 2.70 bits per heavy atom. The van der Waals surface area contributed by atoms with Gasteiger partial charge in [-0.05, 0) is 31.2 Å². The third kappa shape index (κ3) is 3.31. The van der Waals surface area contributed by atoms with Crippen molar-refractivity contribution >= 4 is 33.5 Å². The first-order valence-electron chi connectivity index (χ1n) is 8.01. The van der Waals surface area contributed by atoms with Crippen LogP contribution in [0.1, 0.15) is 6.92 Å². The minimum atomic E-state index is -4.25. The smallest absolute Gasteiger partial charge is 0.344 e. The average molecular weight is 391 g/mol. The van der Waals surface area contributed by atoms with Crippen molar-refractivity contribution in [3.05, 3.63) is 42.6 Å². The van der Waals surface area contributed by atoms with Gasteiger partial charge in [-0.25, -0.2) is 27.4 Å². The van der Waals surface area contributed by atoms with Gasteiger partial charge in [0.1, 0.15) is 17.2 Å². The lowest BCUT2D eigenvalue weighted by atomic mass is 10.2. The fourth-order valence-corrected chi connectivity index (χ4v) is 4.06. The van der Waals surface area contributed by atoms with Gasteiger partial charge in [-0.15, -0.1) is 0 Å². The van der Waals surface area contributed by atoms with Gasteiger partial charge in [-0.3, -0.25) is 4.79 Å². The number of sulfonamides is 1. The van der Waals surface area contributed by atoms with Crippen LogP contribution in [0, 0.1) is 0 Å². The minimum absolute atomic E-state index is 0.0455. The maximum atomic E-state index is 13.0. The van der Waals surface area contributed by atoms with Crippen molar-refractivity contribution < 1.29 is 27.5 Å². The van der Waals surface area contributed by atoms with Crippen LogP contribution in [0.2, 0.25) is 0 Å². The molecule has 0 saturated heterocycles. The summed E-state index contributed by atoms with van der Waals surface area (Å²) < 4.78 is 36.2. The van der Waals surface area contributed by atoms with Gasteiger partial charge in [0.25, 0.3) is 10.0 Å². The summed E-state index contributed by atoms with van der Waals surface area (Å²) in [4.78, 5) is 29.9. The van der Waals surface area contributed by atoms with E-state index in [1.165, 1.54) is 25.4 Å². The lowest BCUT2D eigenvalue weighted by Crippen LogP contribution is -2.51. The molecule has 10 heteroatoms. The molecule has 0 atom stereocenters. The summed E-state index contributed by atoms with van der Waals surface area (Å²) in [5, 5.41) is 0. The number of hydrogen-bond donors (Lipinski definition) is 0. The van der Waals surface area contributed by atoms with E-state index in [4.69, 9.17) is 9.47 Å². The fraction of sp³-hybridized carbons (Fsp3) is 0.235. The molecular formula is C17H17N3O6S. The van der Waals surface area contributed by atoms with Crippen molar-refractivity contribution in [1.82, 2.24) is 9.29 Å². The van der Waals surface area contributed by atoms with E-state index in [2.05, 4.69) is 4.98 Å². The molecule has 0 bridgehead atoms. The normalized spacial score (nSPS) is 15.3. The van der Waals surface area contributed by atoms with Gasteiger partial charge in [0.15, 0.2) is 5.82 Å². The van der Waals surface area contributed by atoms with Gasteiger partial charge >= 0.3 is 12.0 Å². The maximum absolute atomic E-state index is 13.0. The molecule has 0 N–H and O–H groups in total. The van der Waals surface area contributed by atoms with Crippen LogP contribution >= 0.6 is 0 Å². The highest BCUT2D eigenvalue weighted by Crippen LogP contribution is 2.38. The van der Waals surface area contributed by atoms with Crippen molar-refractivity contribution in [3.63, 3.8) is 0 Å². The van der Waals surface area contributed by atoms with Crippen molar-refractivity contribution in [1.29, 1.82) is 0 Å². The van der Waals surface area contributed by atoms with Gasteiger partial charge in [-0.2, -0.15) is 0 Å². The molecule has 0 unspecified atom stereocenters. The summed E-state index contributed by atoms with van der Waals surface area (Å²) in [5.74, 6) is -0.397. The SMILES string of the molecule is CCOC(=O)CN1C(=O)N(c2cccc(OC)c2)c2ncccc2S1(=O)=O. The number of esters is 1. The lowest BCUT2D eigenvalue weighted by Gasteiger charge is -2.34. The van der Waals surface area contributed by atoms with Crippen LogP contribution in [-0.4, -0.2) is 50.0 Å². The highest BCUT2D eigenvalue weighted by molar-refractivity contribution is 7.90. The number of methoxy groups -OCH3 is 1. The molecule has 1 aliphatic rings.